The van der Waals surface area contributed by atoms with Crippen molar-refractivity contribution in [2.45, 2.75) is 0 Å². The molecular weight excluding hydrogens is 362 g/mol. The van der Waals surface area contributed by atoms with Gasteiger partial charge in [-0.15, -0.1) is 5.11 Å². The highest BCUT2D eigenvalue weighted by atomic mass is 19.1. The number of rotatable bonds is 6. The summed E-state index contributed by atoms with van der Waals surface area (Å²) >= 11 is 0. The Balaban J connectivity index is 1.86. The Kier molecular flexibility index (Phi) is 5.74. The average molecular weight is 380 g/mol. The molecule has 7 heteroatoms. The first-order chi connectivity index (χ1) is 13.5. The minimum Gasteiger partial charge on any atom is -0.496 e. The standard InChI is InChI=1S/C21H18F2N4O/c1-14(20-6-4-5-11-24-20)25-26-27(2)16-8-9-17(21(13-16)28-3)18-12-15(22)7-10-19(18)23/h4-13H,1H2,2-3H3. The van der Waals surface area contributed by atoms with E-state index in [1.54, 1.807) is 43.6 Å². The van der Waals surface area contributed by atoms with Crippen LogP contribution in [0.25, 0.3) is 16.8 Å². The van der Waals surface area contributed by atoms with E-state index in [9.17, 15) is 8.78 Å². The first kappa shape index (κ1) is 19.2. The molecule has 0 fully saturated rings. The van der Waals surface area contributed by atoms with E-state index in [-0.39, 0.29) is 5.56 Å². The Morgan fingerprint density at radius 1 is 1.07 bits per heavy atom. The zero-order valence-electron chi connectivity index (χ0n) is 15.4. The van der Waals surface area contributed by atoms with E-state index in [1.807, 2.05) is 6.07 Å². The van der Waals surface area contributed by atoms with Crippen LogP contribution in [0.2, 0.25) is 0 Å². The van der Waals surface area contributed by atoms with E-state index in [0.29, 0.717) is 28.4 Å². The lowest BCUT2D eigenvalue weighted by Gasteiger charge is -2.16. The summed E-state index contributed by atoms with van der Waals surface area (Å²) in [4.78, 5) is 4.16. The van der Waals surface area contributed by atoms with Crippen molar-refractivity contribution in [1.82, 2.24) is 4.98 Å². The van der Waals surface area contributed by atoms with Gasteiger partial charge in [-0.1, -0.05) is 17.9 Å². The summed E-state index contributed by atoms with van der Waals surface area (Å²) in [5, 5.41) is 9.70. The van der Waals surface area contributed by atoms with Gasteiger partial charge in [-0.05, 0) is 42.5 Å². The number of methoxy groups -OCH3 is 1. The van der Waals surface area contributed by atoms with Crippen LogP contribution in [-0.2, 0) is 0 Å². The van der Waals surface area contributed by atoms with Gasteiger partial charge in [-0.3, -0.25) is 4.98 Å². The lowest BCUT2D eigenvalue weighted by Crippen LogP contribution is -2.07. The quantitative estimate of drug-likeness (QED) is 0.418. The number of nitrogens with zero attached hydrogens (tertiary/aromatic N) is 4. The molecule has 0 atom stereocenters. The van der Waals surface area contributed by atoms with Crippen LogP contribution in [0.5, 0.6) is 5.75 Å². The molecular formula is C21H18F2N4O. The maximum absolute atomic E-state index is 14.1. The van der Waals surface area contributed by atoms with Crippen LogP contribution in [0.15, 0.2) is 77.7 Å². The van der Waals surface area contributed by atoms with E-state index in [0.717, 1.165) is 18.2 Å². The molecule has 0 saturated heterocycles. The molecule has 3 aromatic rings. The second kappa shape index (κ2) is 8.39. The van der Waals surface area contributed by atoms with E-state index in [2.05, 4.69) is 21.9 Å². The molecule has 0 bridgehead atoms. The SMILES string of the molecule is C=C(N=NN(C)c1ccc(-c2cc(F)ccc2F)c(OC)c1)c1ccccn1. The monoisotopic (exact) mass is 380 g/mol. The minimum absolute atomic E-state index is 0.121. The normalized spacial score (nSPS) is 10.9. The lowest BCUT2D eigenvalue weighted by molar-refractivity contribution is 0.416. The lowest BCUT2D eigenvalue weighted by atomic mass is 10.0. The molecule has 28 heavy (non-hydrogen) atoms. The van der Waals surface area contributed by atoms with E-state index < -0.39 is 11.6 Å². The molecule has 0 N–H and O–H groups in total. The van der Waals surface area contributed by atoms with Gasteiger partial charge < -0.3 is 4.74 Å². The summed E-state index contributed by atoms with van der Waals surface area (Å²) in [6.07, 6.45) is 1.65. The number of anilines is 1. The minimum atomic E-state index is -0.535. The van der Waals surface area contributed by atoms with Gasteiger partial charge in [0.25, 0.3) is 0 Å². The first-order valence-electron chi connectivity index (χ1n) is 8.38. The number of hydrogen-bond donors (Lipinski definition) is 0. The first-order valence-corrected chi connectivity index (χ1v) is 8.38. The largest absolute Gasteiger partial charge is 0.496 e. The summed E-state index contributed by atoms with van der Waals surface area (Å²) in [6, 6.07) is 13.7. The molecule has 0 saturated carbocycles. The molecule has 0 amide bonds. The second-order valence-electron chi connectivity index (χ2n) is 5.88. The predicted molar refractivity (Wildman–Crippen MR) is 105 cm³/mol. The van der Waals surface area contributed by atoms with Crippen molar-refractivity contribution >= 4 is 11.4 Å². The molecule has 0 aliphatic rings. The average Bonchev–Trinajstić information content (AvgIpc) is 2.73. The number of halogens is 2. The van der Waals surface area contributed by atoms with Gasteiger partial charge in [0.15, 0.2) is 0 Å². The number of benzene rings is 2. The number of hydrogen-bond acceptors (Lipinski definition) is 4. The van der Waals surface area contributed by atoms with Crippen LogP contribution in [0.4, 0.5) is 14.5 Å². The molecule has 3 rings (SSSR count). The third-order valence-electron chi connectivity index (χ3n) is 4.04. The van der Waals surface area contributed by atoms with Crippen molar-refractivity contribution in [2.24, 2.45) is 10.3 Å². The molecule has 0 radical (unpaired) electrons. The van der Waals surface area contributed by atoms with Gasteiger partial charge in [0.05, 0.1) is 18.5 Å². The van der Waals surface area contributed by atoms with E-state index in [1.165, 1.54) is 12.1 Å². The maximum atomic E-state index is 14.1. The number of pyridine rings is 1. The van der Waals surface area contributed by atoms with Crippen LogP contribution in [-0.4, -0.2) is 19.1 Å². The van der Waals surface area contributed by atoms with Crippen molar-refractivity contribution in [3.05, 3.63) is 84.7 Å². The van der Waals surface area contributed by atoms with Gasteiger partial charge >= 0.3 is 0 Å². The number of aromatic nitrogens is 1. The Bertz CT molecular complexity index is 1020. The summed E-state index contributed by atoms with van der Waals surface area (Å²) in [5.74, 6) is -0.679. The van der Waals surface area contributed by atoms with Gasteiger partial charge in [0.2, 0.25) is 0 Å². The molecule has 0 unspecified atom stereocenters. The van der Waals surface area contributed by atoms with Gasteiger partial charge in [0, 0.05) is 30.4 Å². The fraction of sp³-hybridized carbons (Fsp3) is 0.0952. The zero-order chi connectivity index (χ0) is 20.1. The van der Waals surface area contributed by atoms with Gasteiger partial charge in [0.1, 0.15) is 23.1 Å². The summed E-state index contributed by atoms with van der Waals surface area (Å²) in [5.41, 5.74) is 2.24. The van der Waals surface area contributed by atoms with Crippen molar-refractivity contribution in [1.29, 1.82) is 0 Å². The third kappa shape index (κ3) is 4.20. The van der Waals surface area contributed by atoms with Crippen molar-refractivity contribution in [3.8, 4) is 16.9 Å². The summed E-state index contributed by atoms with van der Waals surface area (Å²) in [7, 11) is 3.16. The zero-order valence-corrected chi connectivity index (χ0v) is 15.4. The summed E-state index contributed by atoms with van der Waals surface area (Å²) in [6.45, 7) is 3.84. The number of ether oxygens (including phenoxy) is 1. The molecule has 0 spiro atoms. The molecule has 5 nitrogen and oxygen atoms in total. The maximum Gasteiger partial charge on any atom is 0.131 e. The van der Waals surface area contributed by atoms with E-state index in [4.69, 9.17) is 4.74 Å². The summed E-state index contributed by atoms with van der Waals surface area (Å²) < 4.78 is 33.0. The molecule has 1 heterocycles. The third-order valence-corrected chi connectivity index (χ3v) is 4.04. The fourth-order valence-electron chi connectivity index (χ4n) is 2.56. The van der Waals surface area contributed by atoms with Crippen molar-refractivity contribution in [2.75, 3.05) is 19.2 Å². The molecule has 0 aliphatic carbocycles. The topological polar surface area (TPSA) is 50.1 Å². The Morgan fingerprint density at radius 3 is 2.61 bits per heavy atom. The molecule has 142 valence electrons. The van der Waals surface area contributed by atoms with Gasteiger partial charge in [-0.2, -0.15) is 0 Å². The molecule has 0 aliphatic heterocycles. The highest BCUT2D eigenvalue weighted by Gasteiger charge is 2.14. The van der Waals surface area contributed by atoms with Crippen LogP contribution in [0.3, 0.4) is 0 Å². The fourth-order valence-corrected chi connectivity index (χ4v) is 2.56. The predicted octanol–water partition coefficient (Wildman–Crippen LogP) is 5.51. The highest BCUT2D eigenvalue weighted by molar-refractivity contribution is 5.74. The van der Waals surface area contributed by atoms with Crippen molar-refractivity contribution < 1.29 is 13.5 Å². The van der Waals surface area contributed by atoms with Crippen LogP contribution >= 0.6 is 0 Å². The highest BCUT2D eigenvalue weighted by Crippen LogP contribution is 2.35. The van der Waals surface area contributed by atoms with Crippen LogP contribution in [0.1, 0.15) is 5.69 Å². The Hall–Kier alpha value is -3.61. The second-order valence-corrected chi connectivity index (χ2v) is 5.88. The van der Waals surface area contributed by atoms with Crippen LogP contribution in [0, 0.1) is 11.6 Å². The van der Waals surface area contributed by atoms with Gasteiger partial charge in [-0.25, -0.2) is 13.8 Å². The van der Waals surface area contributed by atoms with E-state index >= 15 is 0 Å². The Morgan fingerprint density at radius 2 is 1.89 bits per heavy atom. The Labute approximate surface area is 161 Å². The molecule has 1 aromatic heterocycles. The smallest absolute Gasteiger partial charge is 0.131 e. The van der Waals surface area contributed by atoms with Crippen LogP contribution < -0.4 is 9.75 Å². The molecule has 2 aromatic carbocycles. The van der Waals surface area contributed by atoms with Crippen molar-refractivity contribution in [3.63, 3.8) is 0 Å².